The molecule has 0 saturated heterocycles. The van der Waals surface area contributed by atoms with Gasteiger partial charge in [-0.15, -0.1) is 0 Å². The molecule has 84 valence electrons. The van der Waals surface area contributed by atoms with Gasteiger partial charge in [-0.25, -0.2) is 9.97 Å². The molecule has 6 nitrogen and oxygen atoms in total. The Bertz CT molecular complexity index is 468. The summed E-state index contributed by atoms with van der Waals surface area (Å²) in [6.07, 6.45) is 4.93. The summed E-state index contributed by atoms with van der Waals surface area (Å²) >= 11 is 0. The number of nitrogens with one attached hydrogen (secondary N) is 1. The minimum absolute atomic E-state index is 0.495. The number of aromatic nitrogens is 4. The molecule has 0 aliphatic rings. The standard InChI is InChI=1S/C10H13N5O/c1-3-15-6-8(5-14-15)16-10-4-9(11-2)12-7-13-10/h4-7H,3H2,1-2H3,(H,11,12,13). The second kappa shape index (κ2) is 4.61. The Kier molecular flexibility index (Phi) is 3.00. The summed E-state index contributed by atoms with van der Waals surface area (Å²) in [6.45, 7) is 2.83. The van der Waals surface area contributed by atoms with Crippen LogP contribution in [0.2, 0.25) is 0 Å². The summed E-state index contributed by atoms with van der Waals surface area (Å²) < 4.78 is 7.32. The highest BCUT2D eigenvalue weighted by atomic mass is 16.5. The van der Waals surface area contributed by atoms with E-state index in [2.05, 4.69) is 20.4 Å². The molecular formula is C10H13N5O. The van der Waals surface area contributed by atoms with Crippen LogP contribution in [0.4, 0.5) is 5.82 Å². The lowest BCUT2D eigenvalue weighted by atomic mass is 10.5. The van der Waals surface area contributed by atoms with Crippen molar-refractivity contribution in [3.63, 3.8) is 0 Å². The van der Waals surface area contributed by atoms with Gasteiger partial charge in [-0.1, -0.05) is 0 Å². The van der Waals surface area contributed by atoms with Gasteiger partial charge in [0.2, 0.25) is 5.88 Å². The number of nitrogens with zero attached hydrogens (tertiary/aromatic N) is 4. The number of anilines is 1. The quantitative estimate of drug-likeness (QED) is 0.844. The van der Waals surface area contributed by atoms with Crippen LogP contribution in [-0.2, 0) is 6.54 Å². The van der Waals surface area contributed by atoms with Crippen molar-refractivity contribution in [1.29, 1.82) is 0 Å². The summed E-state index contributed by atoms with van der Waals surface area (Å²) in [6, 6.07) is 1.73. The van der Waals surface area contributed by atoms with Crippen LogP contribution in [0.25, 0.3) is 0 Å². The molecule has 0 atom stereocenters. The molecule has 0 bridgehead atoms. The first-order valence-electron chi connectivity index (χ1n) is 5.02. The normalized spacial score (nSPS) is 10.1. The third-order valence-electron chi connectivity index (χ3n) is 2.05. The zero-order valence-electron chi connectivity index (χ0n) is 9.21. The molecule has 1 N–H and O–H groups in total. The Morgan fingerprint density at radius 1 is 1.44 bits per heavy atom. The summed E-state index contributed by atoms with van der Waals surface area (Å²) in [7, 11) is 1.79. The summed E-state index contributed by atoms with van der Waals surface area (Å²) in [5.74, 6) is 1.88. The predicted octanol–water partition coefficient (Wildman–Crippen LogP) is 1.53. The van der Waals surface area contributed by atoms with E-state index in [0.29, 0.717) is 17.4 Å². The van der Waals surface area contributed by atoms with E-state index in [-0.39, 0.29) is 0 Å². The van der Waals surface area contributed by atoms with Gasteiger partial charge in [0.1, 0.15) is 12.1 Å². The van der Waals surface area contributed by atoms with Crippen LogP contribution in [0.15, 0.2) is 24.8 Å². The molecule has 2 rings (SSSR count). The highest BCUT2D eigenvalue weighted by Gasteiger charge is 2.02. The van der Waals surface area contributed by atoms with Crippen LogP contribution in [0, 0.1) is 0 Å². The average molecular weight is 219 g/mol. The first kappa shape index (κ1) is 10.4. The third kappa shape index (κ3) is 2.28. The lowest BCUT2D eigenvalue weighted by Crippen LogP contribution is -1.95. The first-order valence-corrected chi connectivity index (χ1v) is 5.02. The van der Waals surface area contributed by atoms with E-state index in [0.717, 1.165) is 6.54 Å². The van der Waals surface area contributed by atoms with E-state index in [9.17, 15) is 0 Å². The molecule has 0 aliphatic heterocycles. The molecular weight excluding hydrogens is 206 g/mol. The maximum absolute atomic E-state index is 5.53. The van der Waals surface area contributed by atoms with Crippen LogP contribution in [0.5, 0.6) is 11.6 Å². The van der Waals surface area contributed by atoms with Gasteiger partial charge in [0.05, 0.1) is 12.4 Å². The zero-order chi connectivity index (χ0) is 11.4. The highest BCUT2D eigenvalue weighted by Crippen LogP contribution is 2.19. The number of ether oxygens (including phenoxy) is 1. The molecule has 0 amide bonds. The smallest absolute Gasteiger partial charge is 0.224 e. The van der Waals surface area contributed by atoms with Crippen molar-refractivity contribution >= 4 is 5.82 Å². The number of rotatable bonds is 4. The van der Waals surface area contributed by atoms with E-state index in [1.54, 1.807) is 24.0 Å². The van der Waals surface area contributed by atoms with Crippen LogP contribution in [-0.4, -0.2) is 26.8 Å². The highest BCUT2D eigenvalue weighted by molar-refractivity contribution is 5.37. The van der Waals surface area contributed by atoms with Gasteiger partial charge in [0, 0.05) is 19.7 Å². The Morgan fingerprint density at radius 2 is 2.31 bits per heavy atom. The van der Waals surface area contributed by atoms with Crippen molar-refractivity contribution in [3.8, 4) is 11.6 Å². The molecule has 0 radical (unpaired) electrons. The molecule has 0 spiro atoms. The number of hydrogen-bond acceptors (Lipinski definition) is 5. The Hall–Kier alpha value is -2.11. The van der Waals surface area contributed by atoms with Crippen LogP contribution in [0.3, 0.4) is 0 Å². The third-order valence-corrected chi connectivity index (χ3v) is 2.05. The SMILES string of the molecule is CCn1cc(Oc2cc(NC)ncn2)cn1. The van der Waals surface area contributed by atoms with Crippen molar-refractivity contribution < 1.29 is 4.74 Å². The molecule has 16 heavy (non-hydrogen) atoms. The maximum atomic E-state index is 5.53. The largest absolute Gasteiger partial charge is 0.436 e. The van der Waals surface area contributed by atoms with Crippen LogP contribution < -0.4 is 10.1 Å². The fourth-order valence-electron chi connectivity index (χ4n) is 1.22. The van der Waals surface area contributed by atoms with E-state index in [4.69, 9.17) is 4.74 Å². The Labute approximate surface area is 93.3 Å². The molecule has 0 fully saturated rings. The topological polar surface area (TPSA) is 64.9 Å². The van der Waals surface area contributed by atoms with Crippen molar-refractivity contribution in [2.45, 2.75) is 13.5 Å². The maximum Gasteiger partial charge on any atom is 0.224 e. The van der Waals surface area contributed by atoms with Gasteiger partial charge in [-0.05, 0) is 6.92 Å². The van der Waals surface area contributed by atoms with Gasteiger partial charge >= 0.3 is 0 Å². The predicted molar refractivity (Wildman–Crippen MR) is 59.6 cm³/mol. The van der Waals surface area contributed by atoms with E-state index in [1.165, 1.54) is 6.33 Å². The van der Waals surface area contributed by atoms with Gasteiger partial charge < -0.3 is 10.1 Å². The monoisotopic (exact) mass is 219 g/mol. The van der Waals surface area contributed by atoms with Crippen molar-refractivity contribution in [2.75, 3.05) is 12.4 Å². The van der Waals surface area contributed by atoms with E-state index in [1.807, 2.05) is 13.1 Å². The molecule has 2 aromatic heterocycles. The van der Waals surface area contributed by atoms with Gasteiger partial charge in [0.25, 0.3) is 0 Å². The second-order valence-electron chi connectivity index (χ2n) is 3.13. The van der Waals surface area contributed by atoms with Crippen molar-refractivity contribution in [3.05, 3.63) is 24.8 Å². The fraction of sp³-hybridized carbons (Fsp3) is 0.300. The summed E-state index contributed by atoms with van der Waals surface area (Å²) in [5, 5.41) is 7.02. The van der Waals surface area contributed by atoms with Gasteiger partial charge in [0.15, 0.2) is 5.75 Å². The fourth-order valence-corrected chi connectivity index (χ4v) is 1.22. The van der Waals surface area contributed by atoms with E-state index < -0.39 is 0 Å². The lowest BCUT2D eigenvalue weighted by Gasteiger charge is -2.02. The van der Waals surface area contributed by atoms with Gasteiger partial charge in [-0.3, -0.25) is 4.68 Å². The molecule has 0 saturated carbocycles. The molecule has 6 heteroatoms. The summed E-state index contributed by atoms with van der Waals surface area (Å²) in [5.41, 5.74) is 0. The van der Waals surface area contributed by atoms with E-state index >= 15 is 0 Å². The second-order valence-corrected chi connectivity index (χ2v) is 3.13. The molecule has 2 aromatic rings. The average Bonchev–Trinajstić information content (AvgIpc) is 2.77. The molecule has 0 aliphatic carbocycles. The lowest BCUT2D eigenvalue weighted by molar-refractivity contribution is 0.460. The minimum Gasteiger partial charge on any atom is -0.436 e. The summed E-state index contributed by atoms with van der Waals surface area (Å²) in [4.78, 5) is 8.01. The van der Waals surface area contributed by atoms with Gasteiger partial charge in [-0.2, -0.15) is 5.10 Å². The molecule has 2 heterocycles. The number of hydrogen-bond donors (Lipinski definition) is 1. The Balaban J connectivity index is 2.13. The Morgan fingerprint density at radius 3 is 3.00 bits per heavy atom. The molecule has 0 unspecified atom stereocenters. The van der Waals surface area contributed by atoms with Crippen LogP contribution >= 0.6 is 0 Å². The molecule has 0 aromatic carbocycles. The zero-order valence-corrected chi connectivity index (χ0v) is 9.21. The van der Waals surface area contributed by atoms with Crippen LogP contribution in [0.1, 0.15) is 6.92 Å². The minimum atomic E-state index is 0.495. The number of aryl methyl sites for hydroxylation is 1. The van der Waals surface area contributed by atoms with Crippen molar-refractivity contribution in [2.24, 2.45) is 0 Å². The van der Waals surface area contributed by atoms with Crippen molar-refractivity contribution in [1.82, 2.24) is 19.7 Å². The first-order chi connectivity index (χ1) is 7.81.